The van der Waals surface area contributed by atoms with Gasteiger partial charge in [-0.05, 0) is 56.4 Å². The molecule has 1 atom stereocenters. The fraction of sp³-hybridized carbons (Fsp3) is 0.444. The average Bonchev–Trinajstić information content (AvgIpc) is 3.12. The number of hydrogen-bond acceptors (Lipinski definition) is 2. The average molecular weight is 333 g/mol. The van der Waals surface area contributed by atoms with Crippen LogP contribution < -0.4 is 0 Å². The molecule has 0 radical (unpaired) electrons. The number of carbonyl (C=O) groups is 1. The van der Waals surface area contributed by atoms with Crippen LogP contribution in [-0.2, 0) is 13.0 Å². The van der Waals surface area contributed by atoms with Crippen molar-refractivity contribution in [3.8, 4) is 0 Å². The van der Waals surface area contributed by atoms with Crippen molar-refractivity contribution in [3.05, 3.63) is 52.9 Å². The van der Waals surface area contributed by atoms with Crippen molar-refractivity contribution in [2.45, 2.75) is 33.2 Å². The standard InChI is InChI=1S/C18H21F2N3O/c1-3-23-17(6-12(2)21-23)18(24)22-5-4-13(11-22)7-14-8-15(19)10-16(20)9-14/h6,8-10,13H,3-5,7,11H2,1-2H3. The lowest BCUT2D eigenvalue weighted by atomic mass is 9.98. The highest BCUT2D eigenvalue weighted by Gasteiger charge is 2.29. The molecule has 1 aromatic heterocycles. The molecule has 0 aliphatic carbocycles. The molecule has 1 fully saturated rings. The lowest BCUT2D eigenvalue weighted by molar-refractivity contribution is 0.0774. The highest BCUT2D eigenvalue weighted by atomic mass is 19.1. The molecule has 1 aliphatic heterocycles. The minimum absolute atomic E-state index is 0.0228. The Hall–Kier alpha value is -2.24. The number of rotatable bonds is 4. The van der Waals surface area contributed by atoms with Gasteiger partial charge in [0.15, 0.2) is 0 Å². The number of likely N-dealkylation sites (tertiary alicyclic amines) is 1. The second-order valence-corrected chi connectivity index (χ2v) is 6.37. The Morgan fingerprint density at radius 2 is 1.96 bits per heavy atom. The van der Waals surface area contributed by atoms with Crippen LogP contribution in [0.2, 0.25) is 0 Å². The zero-order valence-electron chi connectivity index (χ0n) is 13.9. The largest absolute Gasteiger partial charge is 0.337 e. The van der Waals surface area contributed by atoms with Crippen LogP contribution in [0.3, 0.4) is 0 Å². The van der Waals surface area contributed by atoms with Gasteiger partial charge in [-0.2, -0.15) is 5.10 Å². The summed E-state index contributed by atoms with van der Waals surface area (Å²) in [4.78, 5) is 14.5. The van der Waals surface area contributed by atoms with E-state index in [1.807, 2.05) is 18.7 Å². The molecular formula is C18H21F2N3O. The maximum atomic E-state index is 13.3. The number of halogens is 2. The van der Waals surface area contributed by atoms with Crippen molar-refractivity contribution in [2.75, 3.05) is 13.1 Å². The SMILES string of the molecule is CCn1nc(C)cc1C(=O)N1CCC(Cc2cc(F)cc(F)c2)C1. The Balaban J connectivity index is 1.67. The van der Waals surface area contributed by atoms with Crippen LogP contribution >= 0.6 is 0 Å². The molecule has 2 aromatic rings. The molecule has 1 aromatic carbocycles. The van der Waals surface area contributed by atoms with E-state index in [0.717, 1.165) is 18.2 Å². The summed E-state index contributed by atoms with van der Waals surface area (Å²) >= 11 is 0. The van der Waals surface area contributed by atoms with Gasteiger partial charge in [0.25, 0.3) is 5.91 Å². The molecule has 4 nitrogen and oxygen atoms in total. The predicted octanol–water partition coefficient (Wildman–Crippen LogP) is 3.19. The Kier molecular flexibility index (Phi) is 4.64. The Labute approximate surface area is 140 Å². The van der Waals surface area contributed by atoms with E-state index in [4.69, 9.17) is 0 Å². The molecule has 0 N–H and O–H groups in total. The van der Waals surface area contributed by atoms with E-state index >= 15 is 0 Å². The van der Waals surface area contributed by atoms with Crippen LogP contribution in [0, 0.1) is 24.5 Å². The smallest absolute Gasteiger partial charge is 0.272 e. The van der Waals surface area contributed by atoms with E-state index in [1.165, 1.54) is 12.1 Å². The first-order valence-corrected chi connectivity index (χ1v) is 8.25. The van der Waals surface area contributed by atoms with Crippen LogP contribution in [-0.4, -0.2) is 33.7 Å². The fourth-order valence-corrected chi connectivity index (χ4v) is 3.37. The first-order valence-electron chi connectivity index (χ1n) is 8.25. The molecule has 1 amide bonds. The van der Waals surface area contributed by atoms with Gasteiger partial charge < -0.3 is 4.90 Å². The van der Waals surface area contributed by atoms with Crippen LogP contribution in [0.5, 0.6) is 0 Å². The van der Waals surface area contributed by atoms with Crippen molar-refractivity contribution in [1.29, 1.82) is 0 Å². The summed E-state index contributed by atoms with van der Waals surface area (Å²) in [5.74, 6) is -0.920. The lowest BCUT2D eigenvalue weighted by Crippen LogP contribution is -2.30. The van der Waals surface area contributed by atoms with Crippen LogP contribution in [0.25, 0.3) is 0 Å². The normalized spacial score (nSPS) is 17.5. The second-order valence-electron chi connectivity index (χ2n) is 6.37. The first-order chi connectivity index (χ1) is 11.5. The van der Waals surface area contributed by atoms with Crippen molar-refractivity contribution in [2.24, 2.45) is 5.92 Å². The number of amides is 1. The topological polar surface area (TPSA) is 38.1 Å². The fourth-order valence-electron chi connectivity index (χ4n) is 3.37. The third-order valence-electron chi connectivity index (χ3n) is 4.44. The molecule has 1 unspecified atom stereocenters. The lowest BCUT2D eigenvalue weighted by Gasteiger charge is -2.17. The van der Waals surface area contributed by atoms with E-state index in [2.05, 4.69) is 5.10 Å². The summed E-state index contributed by atoms with van der Waals surface area (Å²) in [5, 5.41) is 4.31. The molecule has 2 heterocycles. The van der Waals surface area contributed by atoms with Gasteiger partial charge in [0, 0.05) is 25.7 Å². The van der Waals surface area contributed by atoms with Gasteiger partial charge in [0.05, 0.1) is 5.69 Å². The minimum atomic E-state index is -0.557. The molecule has 3 rings (SSSR count). The number of hydrogen-bond donors (Lipinski definition) is 0. The predicted molar refractivity (Wildman–Crippen MR) is 86.7 cm³/mol. The van der Waals surface area contributed by atoms with Gasteiger partial charge >= 0.3 is 0 Å². The van der Waals surface area contributed by atoms with Crippen molar-refractivity contribution < 1.29 is 13.6 Å². The third kappa shape index (κ3) is 3.47. The number of aromatic nitrogens is 2. The molecule has 1 aliphatic rings. The Morgan fingerprint density at radius 3 is 2.62 bits per heavy atom. The molecule has 6 heteroatoms. The van der Waals surface area contributed by atoms with E-state index in [-0.39, 0.29) is 11.8 Å². The Morgan fingerprint density at radius 1 is 1.25 bits per heavy atom. The molecular weight excluding hydrogens is 312 g/mol. The van der Waals surface area contributed by atoms with Gasteiger partial charge in [-0.1, -0.05) is 0 Å². The summed E-state index contributed by atoms with van der Waals surface area (Å²) in [6.07, 6.45) is 1.41. The van der Waals surface area contributed by atoms with E-state index < -0.39 is 11.6 Å². The molecule has 0 spiro atoms. The van der Waals surface area contributed by atoms with Gasteiger partial charge in [0.2, 0.25) is 0 Å². The molecule has 1 saturated heterocycles. The summed E-state index contributed by atoms with van der Waals surface area (Å²) < 4.78 is 28.3. The highest BCUT2D eigenvalue weighted by Crippen LogP contribution is 2.23. The number of benzene rings is 1. The van der Waals surface area contributed by atoms with Gasteiger partial charge in [-0.25, -0.2) is 8.78 Å². The molecule has 128 valence electrons. The highest BCUT2D eigenvalue weighted by molar-refractivity contribution is 5.92. The zero-order chi connectivity index (χ0) is 17.3. The van der Waals surface area contributed by atoms with E-state index in [1.54, 1.807) is 10.7 Å². The number of aryl methyl sites for hydroxylation is 2. The van der Waals surface area contributed by atoms with Crippen LogP contribution in [0.4, 0.5) is 8.78 Å². The summed E-state index contributed by atoms with van der Waals surface area (Å²) in [6.45, 7) is 5.73. The quantitative estimate of drug-likeness (QED) is 0.862. The number of carbonyl (C=O) groups excluding carboxylic acids is 1. The first kappa shape index (κ1) is 16.6. The zero-order valence-corrected chi connectivity index (χ0v) is 13.9. The maximum absolute atomic E-state index is 13.3. The minimum Gasteiger partial charge on any atom is -0.337 e. The summed E-state index contributed by atoms with van der Waals surface area (Å²) in [5.41, 5.74) is 2.07. The van der Waals surface area contributed by atoms with E-state index in [9.17, 15) is 13.6 Å². The summed E-state index contributed by atoms with van der Waals surface area (Å²) in [6, 6.07) is 5.41. The van der Waals surface area contributed by atoms with Crippen molar-refractivity contribution >= 4 is 5.91 Å². The van der Waals surface area contributed by atoms with Crippen LogP contribution in [0.15, 0.2) is 24.3 Å². The summed E-state index contributed by atoms with van der Waals surface area (Å²) in [7, 11) is 0. The second kappa shape index (κ2) is 6.71. The molecule has 24 heavy (non-hydrogen) atoms. The Bertz CT molecular complexity index is 736. The van der Waals surface area contributed by atoms with Gasteiger partial charge in [-0.3, -0.25) is 9.48 Å². The molecule has 0 bridgehead atoms. The monoisotopic (exact) mass is 333 g/mol. The van der Waals surface area contributed by atoms with Gasteiger partial charge in [0.1, 0.15) is 17.3 Å². The van der Waals surface area contributed by atoms with Crippen LogP contribution in [0.1, 0.15) is 35.1 Å². The maximum Gasteiger partial charge on any atom is 0.272 e. The third-order valence-corrected chi connectivity index (χ3v) is 4.44. The molecule has 0 saturated carbocycles. The van der Waals surface area contributed by atoms with Gasteiger partial charge in [-0.15, -0.1) is 0 Å². The van der Waals surface area contributed by atoms with E-state index in [0.29, 0.717) is 37.3 Å². The number of nitrogens with zero attached hydrogens (tertiary/aromatic N) is 3. The van der Waals surface area contributed by atoms with Crippen molar-refractivity contribution in [1.82, 2.24) is 14.7 Å². The van der Waals surface area contributed by atoms with Crippen molar-refractivity contribution in [3.63, 3.8) is 0 Å².